The van der Waals surface area contributed by atoms with Crippen molar-refractivity contribution >= 4 is 23.1 Å². The van der Waals surface area contributed by atoms with E-state index < -0.39 is 95.4 Å². The van der Waals surface area contributed by atoms with Gasteiger partial charge in [-0.05, 0) is 0 Å². The van der Waals surface area contributed by atoms with Crippen molar-refractivity contribution in [2.45, 2.75) is 130 Å². The molecule has 0 bridgehead atoms. The fraction of sp³-hybridized carbons (Fsp3) is 0.857. The molecule has 0 amide bonds. The van der Waals surface area contributed by atoms with Crippen molar-refractivity contribution in [3.63, 3.8) is 0 Å². The summed E-state index contributed by atoms with van der Waals surface area (Å²) in [4.78, 5) is 52.3. The number of hydrogen-bond acceptors (Lipinski definition) is 10. The maximum absolute atomic E-state index is 13.5. The van der Waals surface area contributed by atoms with Gasteiger partial charge in [-0.3, -0.25) is 0 Å². The molecule has 0 aromatic heterocycles. The van der Waals surface area contributed by atoms with Gasteiger partial charge >= 0.3 is 239 Å². The van der Waals surface area contributed by atoms with Gasteiger partial charge in [-0.25, -0.2) is 0 Å². The van der Waals surface area contributed by atoms with E-state index in [0.29, 0.717) is 0 Å². The van der Waals surface area contributed by atoms with E-state index in [0.717, 1.165) is 27.7 Å². The van der Waals surface area contributed by atoms with Crippen molar-refractivity contribution < 1.29 is 63.6 Å². The maximum atomic E-state index is 13.5. The zero-order chi connectivity index (χ0) is 31.8. The SMILES string of the molecule is CC(C)[O][Ti]([O]C(C)C)([C](O)(O)C(C)(C)C(=O)CC(=O)C(C)(C)C)[C](O)(O)C(C)(C)C(=O)CC(=O)C(C)(C)C. The van der Waals surface area contributed by atoms with E-state index in [4.69, 9.17) is 6.64 Å². The van der Waals surface area contributed by atoms with E-state index in [1.54, 1.807) is 41.5 Å². The van der Waals surface area contributed by atoms with Gasteiger partial charge in [-0.1, -0.05) is 0 Å². The van der Waals surface area contributed by atoms with Crippen LogP contribution in [0, 0.1) is 21.7 Å². The summed E-state index contributed by atoms with van der Waals surface area (Å²) in [6, 6.07) is 0. The summed E-state index contributed by atoms with van der Waals surface area (Å²) in [6.07, 6.45) is -3.06. The number of rotatable bonds is 14. The van der Waals surface area contributed by atoms with E-state index in [9.17, 15) is 39.6 Å². The summed E-state index contributed by atoms with van der Waals surface area (Å²) in [5.74, 6) is -2.69. The number of Topliss-reactive ketones (excluding diaryl/α,β-unsaturated/α-hetero) is 4. The van der Waals surface area contributed by atoms with E-state index >= 15 is 0 Å². The molecule has 0 heterocycles. The average molecular weight is 597 g/mol. The van der Waals surface area contributed by atoms with Crippen LogP contribution in [0.4, 0.5) is 0 Å². The first kappa shape index (κ1) is 38.2. The third-order valence-corrected chi connectivity index (χ3v) is 14.5. The third-order valence-electron chi connectivity index (χ3n) is 7.17. The predicted molar refractivity (Wildman–Crippen MR) is 143 cm³/mol. The minimum atomic E-state index is -6.17. The van der Waals surface area contributed by atoms with Gasteiger partial charge in [0.2, 0.25) is 0 Å². The third kappa shape index (κ3) is 7.71. The molecule has 0 saturated heterocycles. The van der Waals surface area contributed by atoms with Crippen LogP contribution >= 0.6 is 0 Å². The van der Waals surface area contributed by atoms with E-state index in [1.165, 1.54) is 27.7 Å². The van der Waals surface area contributed by atoms with Crippen LogP contribution in [0.3, 0.4) is 0 Å². The molecular formula is C28H52O10Ti. The first-order valence-corrected chi connectivity index (χ1v) is 16.2. The van der Waals surface area contributed by atoms with Gasteiger partial charge in [0.1, 0.15) is 0 Å². The molecule has 0 aliphatic heterocycles. The van der Waals surface area contributed by atoms with Crippen LogP contribution in [0.25, 0.3) is 0 Å². The van der Waals surface area contributed by atoms with Crippen LogP contribution in [-0.2, 0) is 43.2 Å². The van der Waals surface area contributed by atoms with Crippen LogP contribution in [0.1, 0.15) is 110 Å². The van der Waals surface area contributed by atoms with Gasteiger partial charge in [0.05, 0.1) is 0 Å². The molecule has 0 saturated carbocycles. The van der Waals surface area contributed by atoms with Gasteiger partial charge < -0.3 is 0 Å². The Morgan fingerprint density at radius 2 is 0.769 bits per heavy atom. The number of hydrogen-bond donors (Lipinski definition) is 4. The second-order valence-corrected chi connectivity index (χ2v) is 18.9. The van der Waals surface area contributed by atoms with Crippen molar-refractivity contribution in [1.29, 1.82) is 0 Å². The molecule has 0 aromatic rings. The Morgan fingerprint density at radius 3 is 0.949 bits per heavy atom. The van der Waals surface area contributed by atoms with E-state index in [2.05, 4.69) is 0 Å². The van der Waals surface area contributed by atoms with Gasteiger partial charge in [-0.2, -0.15) is 0 Å². The minimum absolute atomic E-state index is 0.459. The van der Waals surface area contributed by atoms with Crippen molar-refractivity contribution in [1.82, 2.24) is 0 Å². The van der Waals surface area contributed by atoms with Crippen LogP contribution in [0.5, 0.6) is 0 Å². The van der Waals surface area contributed by atoms with Crippen molar-refractivity contribution in [3.05, 3.63) is 0 Å². The molecule has 0 rings (SSSR count). The first-order valence-electron chi connectivity index (χ1n) is 13.3. The molecule has 0 unspecified atom stereocenters. The average Bonchev–Trinajstić information content (AvgIpc) is 2.70. The van der Waals surface area contributed by atoms with Crippen molar-refractivity contribution in [2.24, 2.45) is 21.7 Å². The number of carbonyl (C=O) groups excluding carboxylic acids is 4. The Morgan fingerprint density at radius 1 is 0.538 bits per heavy atom. The van der Waals surface area contributed by atoms with Gasteiger partial charge in [-0.15, -0.1) is 0 Å². The topological polar surface area (TPSA) is 168 Å². The Balaban J connectivity index is 7.31. The molecule has 0 radical (unpaired) electrons. The van der Waals surface area contributed by atoms with E-state index in [-0.39, 0.29) is 0 Å². The van der Waals surface area contributed by atoms with Crippen LogP contribution in [-0.4, -0.2) is 64.0 Å². The van der Waals surface area contributed by atoms with Crippen LogP contribution in [0.15, 0.2) is 0 Å². The van der Waals surface area contributed by atoms with Crippen LogP contribution in [0.2, 0.25) is 0 Å². The van der Waals surface area contributed by atoms with Crippen molar-refractivity contribution in [3.8, 4) is 0 Å². The van der Waals surface area contributed by atoms with Gasteiger partial charge in [0.25, 0.3) is 0 Å². The zero-order valence-electron chi connectivity index (χ0n) is 26.3. The predicted octanol–water partition coefficient (Wildman–Crippen LogP) is 3.30. The fourth-order valence-electron chi connectivity index (χ4n) is 3.74. The Hall–Kier alpha value is -0.846. The number of carbonyl (C=O) groups is 4. The molecule has 0 aliphatic carbocycles. The Labute approximate surface area is 238 Å². The summed E-state index contributed by atoms with van der Waals surface area (Å²) in [6.45, 7) is 20.4. The second kappa shape index (κ2) is 12.2. The summed E-state index contributed by atoms with van der Waals surface area (Å²) >= 11 is -6.17. The zero-order valence-corrected chi connectivity index (χ0v) is 27.9. The van der Waals surface area contributed by atoms with Crippen LogP contribution < -0.4 is 0 Å². The van der Waals surface area contributed by atoms with Crippen molar-refractivity contribution in [2.75, 3.05) is 0 Å². The monoisotopic (exact) mass is 596 g/mol. The summed E-state index contributed by atoms with van der Waals surface area (Å²) < 4.78 is 5.29. The molecule has 0 spiro atoms. The summed E-state index contributed by atoms with van der Waals surface area (Å²) in [5.41, 5.74) is -6.22. The summed E-state index contributed by atoms with van der Waals surface area (Å²) in [5, 5.41) is 47.5. The molecule has 0 fully saturated rings. The molecule has 228 valence electrons. The molecular weight excluding hydrogens is 544 g/mol. The number of aliphatic hydroxyl groups is 4. The van der Waals surface area contributed by atoms with Gasteiger partial charge in [0.15, 0.2) is 0 Å². The molecule has 0 atom stereocenters. The molecule has 10 nitrogen and oxygen atoms in total. The summed E-state index contributed by atoms with van der Waals surface area (Å²) in [7, 11) is 0. The molecule has 4 N–H and O–H groups in total. The Bertz CT molecular complexity index is 855. The van der Waals surface area contributed by atoms with Gasteiger partial charge in [0, 0.05) is 0 Å². The molecule has 0 aromatic carbocycles. The fourth-order valence-corrected chi connectivity index (χ4v) is 10.7. The number of ketones is 4. The van der Waals surface area contributed by atoms with E-state index in [1.807, 2.05) is 0 Å². The normalized spacial score (nSPS) is 14.7. The molecule has 39 heavy (non-hydrogen) atoms. The Kier molecular flexibility index (Phi) is 11.9. The molecule has 11 heteroatoms. The quantitative estimate of drug-likeness (QED) is 0.133. The first-order chi connectivity index (χ1) is 16.9. The standard InChI is InChI=1S/2C11H19O4.2C3H7O.Ti/c2*1-10(2,3)7(12)6-8(13)11(4,5)9(14)15;2*1-3(2)4;/h2*14-15H,6H2,1-5H3;2*3H,1-2H3;/q;;2*-1;+2. The second-order valence-electron chi connectivity index (χ2n) is 14.1. The molecule has 0 aliphatic rings.